The Balaban J connectivity index is 1.66. The summed E-state index contributed by atoms with van der Waals surface area (Å²) in [4.78, 5) is 37.9. The molecule has 1 atom stereocenters. The van der Waals surface area contributed by atoms with Crippen molar-refractivity contribution in [3.05, 3.63) is 64.1 Å². The molecule has 0 saturated carbocycles. The number of halogens is 1. The number of rotatable bonds is 4. The number of aryl methyl sites for hydroxylation is 1. The minimum atomic E-state index is -0.787. The van der Waals surface area contributed by atoms with Gasteiger partial charge in [-0.1, -0.05) is 39.7 Å². The standard InChI is InChI=1S/C18H16BrN3O3/c1-11-5-7-14(8-6-11)22-16(23)10-15(18(22)25)20-21-17(24)12-3-2-4-13(19)9-12/h2-9,15,20H,10H2,1H3,(H,21,24)/t15-/m1/s1. The van der Waals surface area contributed by atoms with Crippen LogP contribution in [0.3, 0.4) is 0 Å². The number of benzene rings is 2. The molecule has 128 valence electrons. The summed E-state index contributed by atoms with van der Waals surface area (Å²) in [6.45, 7) is 1.93. The molecule has 0 spiro atoms. The summed E-state index contributed by atoms with van der Waals surface area (Å²) >= 11 is 3.30. The quantitative estimate of drug-likeness (QED) is 0.608. The molecule has 25 heavy (non-hydrogen) atoms. The lowest BCUT2D eigenvalue weighted by atomic mass is 10.2. The topological polar surface area (TPSA) is 78.5 Å². The fourth-order valence-electron chi connectivity index (χ4n) is 2.56. The predicted molar refractivity (Wildman–Crippen MR) is 96.8 cm³/mol. The summed E-state index contributed by atoms with van der Waals surface area (Å²) in [5.74, 6) is -1.07. The van der Waals surface area contributed by atoms with Crippen molar-refractivity contribution in [2.24, 2.45) is 0 Å². The van der Waals surface area contributed by atoms with E-state index in [1.165, 1.54) is 0 Å². The number of nitrogens with one attached hydrogen (secondary N) is 2. The normalized spacial score (nSPS) is 17.0. The van der Waals surface area contributed by atoms with Crippen molar-refractivity contribution in [2.75, 3.05) is 4.90 Å². The lowest BCUT2D eigenvalue weighted by Gasteiger charge is -2.16. The van der Waals surface area contributed by atoms with E-state index in [-0.39, 0.29) is 24.1 Å². The maximum atomic E-state index is 12.5. The predicted octanol–water partition coefficient (Wildman–Crippen LogP) is 2.32. The molecular weight excluding hydrogens is 386 g/mol. The van der Waals surface area contributed by atoms with Crippen molar-refractivity contribution >= 4 is 39.3 Å². The van der Waals surface area contributed by atoms with Crippen LogP contribution in [0, 0.1) is 6.92 Å². The first kappa shape index (κ1) is 17.3. The molecule has 6 nitrogen and oxygen atoms in total. The van der Waals surface area contributed by atoms with Crippen LogP contribution in [0.4, 0.5) is 5.69 Å². The van der Waals surface area contributed by atoms with E-state index in [9.17, 15) is 14.4 Å². The maximum Gasteiger partial charge on any atom is 0.265 e. The van der Waals surface area contributed by atoms with Crippen molar-refractivity contribution in [2.45, 2.75) is 19.4 Å². The van der Waals surface area contributed by atoms with Crippen LogP contribution in [0.5, 0.6) is 0 Å². The Hall–Kier alpha value is -2.51. The Kier molecular flexibility index (Phi) is 4.96. The summed E-state index contributed by atoms with van der Waals surface area (Å²) in [5, 5.41) is 0. The van der Waals surface area contributed by atoms with Crippen LogP contribution in [-0.2, 0) is 9.59 Å². The zero-order valence-electron chi connectivity index (χ0n) is 13.5. The second-order valence-corrected chi connectivity index (χ2v) is 6.68. The largest absolute Gasteiger partial charge is 0.287 e. The van der Waals surface area contributed by atoms with Crippen LogP contribution in [-0.4, -0.2) is 23.8 Å². The molecule has 0 unspecified atom stereocenters. The first-order valence-electron chi connectivity index (χ1n) is 7.70. The third kappa shape index (κ3) is 3.78. The molecule has 1 fully saturated rings. The van der Waals surface area contributed by atoms with Crippen molar-refractivity contribution in [1.82, 2.24) is 10.9 Å². The monoisotopic (exact) mass is 401 g/mol. The molecule has 7 heteroatoms. The molecular formula is C18H16BrN3O3. The van der Waals surface area contributed by atoms with Crippen LogP contribution in [0.15, 0.2) is 53.0 Å². The summed E-state index contributed by atoms with van der Waals surface area (Å²) in [5.41, 5.74) is 7.16. The Morgan fingerprint density at radius 3 is 2.56 bits per heavy atom. The van der Waals surface area contributed by atoms with E-state index in [4.69, 9.17) is 0 Å². The van der Waals surface area contributed by atoms with Crippen molar-refractivity contribution in [3.8, 4) is 0 Å². The first-order chi connectivity index (χ1) is 12.0. The van der Waals surface area contributed by atoms with Crippen molar-refractivity contribution in [1.29, 1.82) is 0 Å². The lowest BCUT2D eigenvalue weighted by Crippen LogP contribution is -2.48. The minimum Gasteiger partial charge on any atom is -0.287 e. The molecule has 0 radical (unpaired) electrons. The highest BCUT2D eigenvalue weighted by molar-refractivity contribution is 9.10. The van der Waals surface area contributed by atoms with Crippen LogP contribution in [0.25, 0.3) is 0 Å². The van der Waals surface area contributed by atoms with Gasteiger partial charge in [0.15, 0.2) is 0 Å². The fourth-order valence-corrected chi connectivity index (χ4v) is 2.96. The van der Waals surface area contributed by atoms with Crippen molar-refractivity contribution in [3.63, 3.8) is 0 Å². The third-order valence-corrected chi connectivity index (χ3v) is 4.38. The zero-order valence-corrected chi connectivity index (χ0v) is 15.0. The molecule has 2 aromatic rings. The smallest absolute Gasteiger partial charge is 0.265 e. The number of nitrogens with zero attached hydrogens (tertiary/aromatic N) is 1. The number of anilines is 1. The average Bonchev–Trinajstić information content (AvgIpc) is 2.87. The Bertz CT molecular complexity index is 836. The SMILES string of the molecule is Cc1ccc(N2C(=O)C[C@@H](NNC(=O)c3cccc(Br)c3)C2=O)cc1. The lowest BCUT2D eigenvalue weighted by molar-refractivity contribution is -0.121. The first-order valence-corrected chi connectivity index (χ1v) is 8.50. The van der Waals surface area contributed by atoms with E-state index >= 15 is 0 Å². The van der Waals surface area contributed by atoms with E-state index in [0.717, 1.165) is 14.9 Å². The molecule has 0 aromatic heterocycles. The van der Waals surface area contributed by atoms with Crippen LogP contribution in [0.2, 0.25) is 0 Å². The van der Waals surface area contributed by atoms with E-state index in [1.54, 1.807) is 30.3 Å². The van der Waals surface area contributed by atoms with Gasteiger partial charge in [0.25, 0.3) is 11.8 Å². The van der Waals surface area contributed by atoms with E-state index in [0.29, 0.717) is 11.3 Å². The number of hydrogen-bond donors (Lipinski definition) is 2. The molecule has 0 aliphatic carbocycles. The molecule has 1 aliphatic heterocycles. The Morgan fingerprint density at radius 1 is 1.16 bits per heavy atom. The van der Waals surface area contributed by atoms with E-state index in [1.807, 2.05) is 25.1 Å². The highest BCUT2D eigenvalue weighted by atomic mass is 79.9. The van der Waals surface area contributed by atoms with Gasteiger partial charge in [-0.3, -0.25) is 19.8 Å². The van der Waals surface area contributed by atoms with Gasteiger partial charge >= 0.3 is 0 Å². The Morgan fingerprint density at radius 2 is 1.88 bits per heavy atom. The van der Waals surface area contributed by atoms with Crippen LogP contribution >= 0.6 is 15.9 Å². The van der Waals surface area contributed by atoms with Gasteiger partial charge in [-0.25, -0.2) is 10.3 Å². The average molecular weight is 402 g/mol. The number of imide groups is 1. The number of hydrazine groups is 1. The minimum absolute atomic E-state index is 0.00846. The van der Waals surface area contributed by atoms with Crippen LogP contribution in [0.1, 0.15) is 22.3 Å². The van der Waals surface area contributed by atoms with E-state index < -0.39 is 6.04 Å². The summed E-state index contributed by atoms with van der Waals surface area (Å²) in [6.07, 6.45) is -0.00846. The Labute approximate surface area is 153 Å². The highest BCUT2D eigenvalue weighted by Crippen LogP contribution is 2.23. The molecule has 1 heterocycles. The third-order valence-electron chi connectivity index (χ3n) is 3.89. The second kappa shape index (κ2) is 7.16. The van der Waals surface area contributed by atoms with E-state index in [2.05, 4.69) is 26.8 Å². The molecule has 2 N–H and O–H groups in total. The van der Waals surface area contributed by atoms with Gasteiger partial charge in [-0.05, 0) is 37.3 Å². The van der Waals surface area contributed by atoms with Gasteiger partial charge in [0.05, 0.1) is 12.1 Å². The van der Waals surface area contributed by atoms with Gasteiger partial charge in [-0.2, -0.15) is 0 Å². The molecule has 1 saturated heterocycles. The highest BCUT2D eigenvalue weighted by Gasteiger charge is 2.39. The zero-order chi connectivity index (χ0) is 18.0. The summed E-state index contributed by atoms with van der Waals surface area (Å²) < 4.78 is 0.776. The molecule has 1 aliphatic rings. The van der Waals surface area contributed by atoms with Gasteiger partial charge < -0.3 is 0 Å². The number of amides is 3. The maximum absolute atomic E-state index is 12.5. The second-order valence-electron chi connectivity index (χ2n) is 5.77. The summed E-state index contributed by atoms with van der Waals surface area (Å²) in [7, 11) is 0. The van der Waals surface area contributed by atoms with Gasteiger partial charge in [-0.15, -0.1) is 0 Å². The number of carbonyl (C=O) groups excluding carboxylic acids is 3. The molecule has 3 rings (SSSR count). The van der Waals surface area contributed by atoms with Gasteiger partial charge in [0.2, 0.25) is 5.91 Å². The van der Waals surface area contributed by atoms with Crippen LogP contribution < -0.4 is 15.8 Å². The molecule has 0 bridgehead atoms. The summed E-state index contributed by atoms with van der Waals surface area (Å²) in [6, 6.07) is 13.2. The van der Waals surface area contributed by atoms with Gasteiger partial charge in [0, 0.05) is 10.0 Å². The molecule has 2 aromatic carbocycles. The number of carbonyl (C=O) groups is 3. The molecule has 3 amide bonds. The van der Waals surface area contributed by atoms with Crippen molar-refractivity contribution < 1.29 is 14.4 Å². The van der Waals surface area contributed by atoms with Gasteiger partial charge in [0.1, 0.15) is 6.04 Å². The fraction of sp³-hybridized carbons (Fsp3) is 0.167. The number of hydrogen-bond acceptors (Lipinski definition) is 4.